The Morgan fingerprint density at radius 1 is 0.560 bits per heavy atom. The summed E-state index contributed by atoms with van der Waals surface area (Å²) in [6, 6.07) is 7.37. The number of amides is 3. The van der Waals surface area contributed by atoms with Crippen LogP contribution in [0.4, 0.5) is 0 Å². The molecule has 3 heterocycles. The SMILES string of the molecule is CC(=O)C(CCCCN)CC(=O)C(CC(=O)C(CC(=O)C1CC(O)CN1C(=O)C1CC(O)CN1C(=O)C(CC(=O)C(CO)CC(=O)C1CCCN1C(=O)C(CCCCN)CC(=O)C(C)N)Cc1ccc(O)cc1)C(C)O)Cc1ccc(O)cc1. The first-order chi connectivity index (χ1) is 39.9. The standard InChI is InChI=1S/C62H90N6O16/c1-36(65)54(76)26-42(10-5-7-21-64)60(82)66-22-8-11-51(66)58(80)29-45(35-69)56(78)28-44(24-40-14-18-47(73)19-15-40)61(83)68-34-49(75)31-53(68)62(84)67-33-48(74)30-52(67)59(81)32-50(38(3)71)57(79)27-43(23-39-12-16-46(72)17-13-39)55(77)25-41(37(2)70)9-4-6-20-63/h12-19,36,38,41-45,48-53,69,71-75H,4-11,20-35,63-65H2,1-3H3. The second-order valence-corrected chi connectivity index (χ2v) is 23.7. The molecule has 22 nitrogen and oxygen atoms in total. The van der Waals surface area contributed by atoms with Crippen molar-refractivity contribution in [2.75, 3.05) is 39.3 Å². The Balaban J connectivity index is 1.34. The Labute approximate surface area is 491 Å². The van der Waals surface area contributed by atoms with Gasteiger partial charge in [0.25, 0.3) is 0 Å². The fourth-order valence-electron chi connectivity index (χ4n) is 12.1. The number of phenols is 2. The van der Waals surface area contributed by atoms with E-state index in [1.807, 2.05) is 0 Å². The highest BCUT2D eigenvalue weighted by Crippen LogP contribution is 2.33. The maximum absolute atomic E-state index is 14.9. The van der Waals surface area contributed by atoms with Crippen LogP contribution in [0.1, 0.15) is 135 Å². The van der Waals surface area contributed by atoms with Gasteiger partial charge in [-0.05, 0) is 121 Å². The highest BCUT2D eigenvalue weighted by atomic mass is 16.3. The predicted molar refractivity (Wildman–Crippen MR) is 308 cm³/mol. The molecular formula is C62H90N6O16. The van der Waals surface area contributed by atoms with Crippen molar-refractivity contribution in [1.82, 2.24) is 14.7 Å². The van der Waals surface area contributed by atoms with Gasteiger partial charge in [-0.1, -0.05) is 37.1 Å². The number of likely N-dealkylation sites (tertiary alicyclic amines) is 3. The van der Waals surface area contributed by atoms with Gasteiger partial charge >= 0.3 is 0 Å². The zero-order valence-corrected chi connectivity index (χ0v) is 48.9. The number of rotatable bonds is 36. The molecule has 0 radical (unpaired) electrons. The first kappa shape index (κ1) is 68.6. The van der Waals surface area contributed by atoms with Crippen molar-refractivity contribution < 1.29 is 78.6 Å². The lowest BCUT2D eigenvalue weighted by atomic mass is 9.80. The van der Waals surface area contributed by atoms with E-state index in [1.54, 1.807) is 12.1 Å². The van der Waals surface area contributed by atoms with Gasteiger partial charge in [0.1, 0.15) is 46.5 Å². The Morgan fingerprint density at radius 2 is 1.04 bits per heavy atom. The van der Waals surface area contributed by atoms with Gasteiger partial charge in [-0.3, -0.25) is 47.9 Å². The van der Waals surface area contributed by atoms with Crippen LogP contribution in [0.2, 0.25) is 0 Å². The second kappa shape index (κ2) is 33.0. The summed E-state index contributed by atoms with van der Waals surface area (Å²) in [6.45, 7) is 3.75. The van der Waals surface area contributed by atoms with Gasteiger partial charge in [0, 0.05) is 101 Å². The number of hydrogen-bond donors (Lipinski definition) is 9. The smallest absolute Gasteiger partial charge is 0.246 e. The van der Waals surface area contributed by atoms with E-state index in [4.69, 9.17) is 17.2 Å². The summed E-state index contributed by atoms with van der Waals surface area (Å²) in [5.41, 5.74) is 18.3. The third kappa shape index (κ3) is 19.4. The van der Waals surface area contributed by atoms with Crippen molar-refractivity contribution in [2.24, 2.45) is 52.7 Å². The van der Waals surface area contributed by atoms with Crippen LogP contribution in [0.25, 0.3) is 0 Å². The molecule has 13 unspecified atom stereocenters. The van der Waals surface area contributed by atoms with E-state index in [0.29, 0.717) is 69.2 Å². The second-order valence-electron chi connectivity index (χ2n) is 23.7. The molecular weight excluding hydrogens is 1080 g/mol. The van der Waals surface area contributed by atoms with Crippen LogP contribution in [0.15, 0.2) is 48.5 Å². The van der Waals surface area contributed by atoms with Crippen molar-refractivity contribution in [3.63, 3.8) is 0 Å². The minimum Gasteiger partial charge on any atom is -0.508 e. The highest BCUT2D eigenvalue weighted by Gasteiger charge is 2.49. The molecule has 0 aromatic heterocycles. The summed E-state index contributed by atoms with van der Waals surface area (Å²) in [7, 11) is 0. The number of ketones is 7. The topological polar surface area (TPSA) is 380 Å². The third-order valence-electron chi connectivity index (χ3n) is 17.1. The molecule has 0 aliphatic carbocycles. The summed E-state index contributed by atoms with van der Waals surface area (Å²) in [6.07, 6.45) is -2.87. The molecule has 3 amide bonds. The summed E-state index contributed by atoms with van der Waals surface area (Å²) >= 11 is 0. The van der Waals surface area contributed by atoms with Crippen LogP contribution in [0.3, 0.4) is 0 Å². The van der Waals surface area contributed by atoms with Gasteiger partial charge in [-0.25, -0.2) is 0 Å². The van der Waals surface area contributed by atoms with Crippen molar-refractivity contribution in [1.29, 1.82) is 0 Å². The number of nitrogens with two attached hydrogens (primary N) is 3. The summed E-state index contributed by atoms with van der Waals surface area (Å²) in [4.78, 5) is 144. The van der Waals surface area contributed by atoms with Crippen molar-refractivity contribution in [3.8, 4) is 11.5 Å². The van der Waals surface area contributed by atoms with Crippen LogP contribution < -0.4 is 17.2 Å². The van der Waals surface area contributed by atoms with Gasteiger partial charge in [0.05, 0.1) is 49.0 Å². The average molecular weight is 1180 g/mol. The lowest BCUT2D eigenvalue weighted by Crippen LogP contribution is -2.52. The van der Waals surface area contributed by atoms with Crippen molar-refractivity contribution in [3.05, 3.63) is 59.7 Å². The Morgan fingerprint density at radius 3 is 1.57 bits per heavy atom. The molecule has 3 aliphatic rings. The maximum Gasteiger partial charge on any atom is 0.246 e. The van der Waals surface area contributed by atoms with Crippen LogP contribution in [-0.2, 0) is 60.8 Å². The number of β-amino-alcohol motifs (C(OH)–C–C–N with tert-alkyl or cyclic N) is 2. The van der Waals surface area contributed by atoms with Gasteiger partial charge in [-0.15, -0.1) is 0 Å². The fourth-order valence-corrected chi connectivity index (χ4v) is 12.1. The van der Waals surface area contributed by atoms with E-state index < -0.39 is 145 Å². The quantitative estimate of drug-likeness (QED) is 0.0439. The molecule has 3 saturated heterocycles. The van der Waals surface area contributed by atoms with E-state index in [0.717, 1.165) is 9.80 Å². The summed E-state index contributed by atoms with van der Waals surface area (Å²) < 4.78 is 0. The molecule has 464 valence electrons. The number of aromatic hydroxyl groups is 2. The van der Waals surface area contributed by atoms with Crippen molar-refractivity contribution in [2.45, 2.75) is 179 Å². The molecule has 0 spiro atoms. The van der Waals surface area contributed by atoms with Gasteiger partial charge < -0.3 is 62.5 Å². The number of Topliss-reactive ketones (excluding diaryl/α,β-unsaturated/α-hetero) is 7. The third-order valence-corrected chi connectivity index (χ3v) is 17.1. The number of carbonyl (C=O) groups excluding carboxylic acids is 10. The Hall–Kier alpha value is -6.14. The van der Waals surface area contributed by atoms with Crippen LogP contribution in [-0.4, -0.2) is 185 Å². The van der Waals surface area contributed by atoms with Crippen LogP contribution >= 0.6 is 0 Å². The largest absolute Gasteiger partial charge is 0.508 e. The van der Waals surface area contributed by atoms with E-state index in [2.05, 4.69) is 0 Å². The van der Waals surface area contributed by atoms with Gasteiger partial charge in [-0.2, -0.15) is 0 Å². The van der Waals surface area contributed by atoms with E-state index >= 15 is 0 Å². The monoisotopic (exact) mass is 1170 g/mol. The molecule has 84 heavy (non-hydrogen) atoms. The molecule has 12 N–H and O–H groups in total. The zero-order chi connectivity index (χ0) is 61.9. The van der Waals surface area contributed by atoms with Crippen molar-refractivity contribution >= 4 is 58.2 Å². The number of unbranched alkanes of at least 4 members (excludes halogenated alkanes) is 2. The minimum absolute atomic E-state index is 0.0192. The highest BCUT2D eigenvalue weighted by molar-refractivity contribution is 5.99. The number of phenolic OH excluding ortho intramolecular Hbond substituents is 2. The molecule has 22 heteroatoms. The Bertz CT molecular complexity index is 2590. The zero-order valence-electron chi connectivity index (χ0n) is 48.9. The van der Waals surface area contributed by atoms with E-state index in [9.17, 15) is 78.6 Å². The van der Waals surface area contributed by atoms with E-state index in [1.165, 1.54) is 62.1 Å². The van der Waals surface area contributed by atoms with E-state index in [-0.39, 0.29) is 99.3 Å². The first-order valence-corrected chi connectivity index (χ1v) is 29.8. The fraction of sp³-hybridized carbons (Fsp3) is 0.645. The molecule has 0 bridgehead atoms. The number of carbonyl (C=O) groups is 10. The molecule has 2 aromatic carbocycles. The number of aliphatic hydroxyl groups is 4. The van der Waals surface area contributed by atoms with Gasteiger partial charge in [0.15, 0.2) is 11.6 Å². The lowest BCUT2D eigenvalue weighted by molar-refractivity contribution is -0.149. The molecule has 5 rings (SSSR count). The Kier molecular flexibility index (Phi) is 26.9. The molecule has 13 atom stereocenters. The number of hydrogen-bond acceptors (Lipinski definition) is 19. The lowest BCUT2D eigenvalue weighted by Gasteiger charge is -2.33. The normalized spacial score (nSPS) is 21.7. The van der Waals surface area contributed by atoms with Crippen LogP contribution in [0, 0.1) is 35.5 Å². The predicted octanol–water partition coefficient (Wildman–Crippen LogP) is 1.82. The number of nitrogens with zero attached hydrogens (tertiary/aromatic N) is 3. The minimum atomic E-state index is -1.42. The summed E-state index contributed by atoms with van der Waals surface area (Å²) in [5, 5.41) is 63.8. The summed E-state index contributed by atoms with van der Waals surface area (Å²) in [5.74, 6) is -11.7. The molecule has 2 aromatic rings. The number of benzene rings is 2. The van der Waals surface area contributed by atoms with Gasteiger partial charge in [0.2, 0.25) is 17.7 Å². The van der Waals surface area contributed by atoms with Crippen LogP contribution in [0.5, 0.6) is 11.5 Å². The molecule has 3 fully saturated rings. The molecule has 3 aliphatic heterocycles. The maximum atomic E-state index is 14.9. The molecule has 0 saturated carbocycles. The average Bonchev–Trinajstić information content (AvgIpc) is 4.38. The number of aliphatic hydroxyl groups excluding tert-OH is 4. The first-order valence-electron chi connectivity index (χ1n) is 29.8.